The first kappa shape index (κ1) is 16.8. The van der Waals surface area contributed by atoms with Crippen LogP contribution in [-0.2, 0) is 9.59 Å². The topological polar surface area (TPSA) is 67.4 Å². The maximum atomic E-state index is 12.0. The van der Waals surface area contributed by atoms with Gasteiger partial charge in [0.15, 0.2) is 0 Å². The molecule has 0 saturated carbocycles. The van der Waals surface area contributed by atoms with Gasteiger partial charge in [0, 0.05) is 16.8 Å². The smallest absolute Gasteiger partial charge is 0.233 e. The summed E-state index contributed by atoms with van der Waals surface area (Å²) in [6.45, 7) is 1.82. The average molecular weight is 333 g/mol. The Balaban J connectivity index is 1.99. The summed E-state index contributed by atoms with van der Waals surface area (Å²) in [5.41, 5.74) is 1.92. The highest BCUT2D eigenvalue weighted by atomic mass is 35.5. The molecule has 0 heterocycles. The molecule has 0 aliphatic heterocycles. The molecular weight excluding hydrogens is 316 g/mol. The Morgan fingerprint density at radius 3 is 2.39 bits per heavy atom. The average Bonchev–Trinajstić information content (AvgIpc) is 2.51. The van der Waals surface area contributed by atoms with E-state index < -0.39 is 11.8 Å². The summed E-state index contributed by atoms with van der Waals surface area (Å²) in [5, 5.41) is 5.86. The van der Waals surface area contributed by atoms with E-state index in [1.165, 1.54) is 7.11 Å². The standard InChI is InChI=1S/C17H17ClN2O3/c1-11-8-14(15(23-2)9-13(11)18)20-17(22)10-16(21)19-12-6-4-3-5-7-12/h3-9H,10H2,1-2H3,(H,19,21)(H,20,22). The number of carbonyl (C=O) groups excluding carboxylic acids is 2. The molecule has 0 atom stereocenters. The number of hydrogen-bond donors (Lipinski definition) is 2. The highest BCUT2D eigenvalue weighted by Gasteiger charge is 2.13. The highest BCUT2D eigenvalue weighted by Crippen LogP contribution is 2.30. The maximum absolute atomic E-state index is 12.0. The molecule has 5 nitrogen and oxygen atoms in total. The monoisotopic (exact) mass is 332 g/mol. The minimum atomic E-state index is -0.432. The molecule has 6 heteroatoms. The number of aryl methyl sites for hydroxylation is 1. The number of anilines is 2. The van der Waals surface area contributed by atoms with Gasteiger partial charge in [-0.1, -0.05) is 29.8 Å². The van der Waals surface area contributed by atoms with Crippen molar-refractivity contribution in [1.82, 2.24) is 0 Å². The van der Waals surface area contributed by atoms with Crippen LogP contribution in [0.15, 0.2) is 42.5 Å². The first-order chi connectivity index (χ1) is 11.0. The minimum absolute atomic E-state index is 0.292. The lowest BCUT2D eigenvalue weighted by Crippen LogP contribution is -2.21. The molecule has 0 radical (unpaired) electrons. The molecule has 120 valence electrons. The number of nitrogens with one attached hydrogen (secondary N) is 2. The summed E-state index contributed by atoms with van der Waals surface area (Å²) in [5.74, 6) is -0.380. The Labute approximate surface area is 139 Å². The molecule has 23 heavy (non-hydrogen) atoms. The van der Waals surface area contributed by atoms with Crippen molar-refractivity contribution >= 4 is 34.8 Å². The summed E-state index contributed by atoms with van der Waals surface area (Å²) >= 11 is 6.02. The summed E-state index contributed by atoms with van der Waals surface area (Å²) in [7, 11) is 1.48. The molecule has 2 aromatic rings. The van der Waals surface area contributed by atoms with E-state index in [1.54, 1.807) is 36.4 Å². The molecule has 0 saturated heterocycles. The van der Waals surface area contributed by atoms with Gasteiger partial charge in [0.25, 0.3) is 0 Å². The van der Waals surface area contributed by atoms with Gasteiger partial charge in [0.05, 0.1) is 12.8 Å². The molecule has 0 aliphatic rings. The Bertz CT molecular complexity index is 717. The number of ether oxygens (including phenoxy) is 1. The first-order valence-corrected chi connectivity index (χ1v) is 7.36. The van der Waals surface area contributed by atoms with Crippen LogP contribution in [0.5, 0.6) is 5.75 Å². The number of hydrogen-bond acceptors (Lipinski definition) is 3. The maximum Gasteiger partial charge on any atom is 0.233 e. The first-order valence-electron chi connectivity index (χ1n) is 6.98. The zero-order valence-electron chi connectivity index (χ0n) is 12.9. The summed E-state index contributed by atoms with van der Waals surface area (Å²) in [6.07, 6.45) is -0.292. The Morgan fingerprint density at radius 2 is 1.74 bits per heavy atom. The molecule has 2 aromatic carbocycles. The van der Waals surface area contributed by atoms with Crippen LogP contribution >= 0.6 is 11.6 Å². The van der Waals surface area contributed by atoms with E-state index in [0.717, 1.165) is 5.56 Å². The van der Waals surface area contributed by atoms with Crippen molar-refractivity contribution in [3.8, 4) is 5.75 Å². The van der Waals surface area contributed by atoms with Crippen molar-refractivity contribution in [2.45, 2.75) is 13.3 Å². The van der Waals surface area contributed by atoms with Gasteiger partial charge in [-0.2, -0.15) is 0 Å². The molecule has 0 aliphatic carbocycles. The quantitative estimate of drug-likeness (QED) is 0.822. The van der Waals surface area contributed by atoms with Crippen molar-refractivity contribution in [3.63, 3.8) is 0 Å². The fourth-order valence-electron chi connectivity index (χ4n) is 2.00. The van der Waals surface area contributed by atoms with E-state index in [1.807, 2.05) is 13.0 Å². The summed E-state index contributed by atoms with van der Waals surface area (Å²) in [6, 6.07) is 12.3. The number of amides is 2. The van der Waals surface area contributed by atoms with E-state index in [2.05, 4.69) is 10.6 Å². The van der Waals surface area contributed by atoms with E-state index in [9.17, 15) is 9.59 Å². The second-order valence-corrected chi connectivity index (χ2v) is 5.35. The number of halogens is 1. The molecule has 0 fully saturated rings. The van der Waals surface area contributed by atoms with Crippen LogP contribution in [0.1, 0.15) is 12.0 Å². The third-order valence-corrected chi connectivity index (χ3v) is 3.54. The van der Waals surface area contributed by atoms with E-state index in [-0.39, 0.29) is 6.42 Å². The predicted octanol–water partition coefficient (Wildman–Crippen LogP) is 3.62. The molecule has 2 amide bonds. The van der Waals surface area contributed by atoms with Crippen LogP contribution in [-0.4, -0.2) is 18.9 Å². The van der Waals surface area contributed by atoms with Crippen LogP contribution in [0.2, 0.25) is 5.02 Å². The van der Waals surface area contributed by atoms with Gasteiger partial charge < -0.3 is 15.4 Å². The normalized spacial score (nSPS) is 10.0. The molecule has 0 bridgehead atoms. The van der Waals surface area contributed by atoms with Crippen molar-refractivity contribution in [2.75, 3.05) is 17.7 Å². The van der Waals surface area contributed by atoms with Gasteiger partial charge in [-0.3, -0.25) is 9.59 Å². The zero-order chi connectivity index (χ0) is 16.8. The second kappa shape index (κ2) is 7.65. The minimum Gasteiger partial charge on any atom is -0.495 e. The van der Waals surface area contributed by atoms with Gasteiger partial charge >= 0.3 is 0 Å². The zero-order valence-corrected chi connectivity index (χ0v) is 13.6. The number of para-hydroxylation sites is 1. The SMILES string of the molecule is COc1cc(Cl)c(C)cc1NC(=O)CC(=O)Nc1ccccc1. The lowest BCUT2D eigenvalue weighted by molar-refractivity contribution is -0.123. The number of benzene rings is 2. The highest BCUT2D eigenvalue weighted by molar-refractivity contribution is 6.31. The number of carbonyl (C=O) groups is 2. The second-order valence-electron chi connectivity index (χ2n) is 4.94. The van der Waals surface area contributed by atoms with E-state index in [0.29, 0.717) is 22.1 Å². The largest absolute Gasteiger partial charge is 0.495 e. The Kier molecular flexibility index (Phi) is 5.60. The molecule has 0 aromatic heterocycles. The van der Waals surface area contributed by atoms with Crippen LogP contribution in [0.4, 0.5) is 11.4 Å². The Morgan fingerprint density at radius 1 is 1.09 bits per heavy atom. The molecule has 0 spiro atoms. The predicted molar refractivity (Wildman–Crippen MR) is 91.1 cm³/mol. The van der Waals surface area contributed by atoms with Gasteiger partial charge in [-0.25, -0.2) is 0 Å². The van der Waals surface area contributed by atoms with Crippen LogP contribution in [0, 0.1) is 6.92 Å². The summed E-state index contributed by atoms with van der Waals surface area (Å²) in [4.78, 5) is 23.9. The van der Waals surface area contributed by atoms with Crippen LogP contribution in [0.3, 0.4) is 0 Å². The van der Waals surface area contributed by atoms with Gasteiger partial charge in [0.2, 0.25) is 11.8 Å². The van der Waals surface area contributed by atoms with Gasteiger partial charge in [-0.15, -0.1) is 0 Å². The van der Waals surface area contributed by atoms with Crippen LogP contribution < -0.4 is 15.4 Å². The third kappa shape index (κ3) is 4.72. The third-order valence-electron chi connectivity index (χ3n) is 3.13. The lowest BCUT2D eigenvalue weighted by Gasteiger charge is -2.12. The fraction of sp³-hybridized carbons (Fsp3) is 0.176. The fourth-order valence-corrected chi connectivity index (χ4v) is 2.15. The van der Waals surface area contributed by atoms with Crippen molar-refractivity contribution < 1.29 is 14.3 Å². The van der Waals surface area contributed by atoms with Crippen LogP contribution in [0.25, 0.3) is 0 Å². The van der Waals surface area contributed by atoms with Crippen molar-refractivity contribution in [3.05, 3.63) is 53.1 Å². The Hall–Kier alpha value is -2.53. The molecular formula is C17H17ClN2O3. The molecule has 2 N–H and O–H groups in total. The van der Waals surface area contributed by atoms with Gasteiger partial charge in [-0.05, 0) is 30.7 Å². The van der Waals surface area contributed by atoms with Crippen molar-refractivity contribution in [2.24, 2.45) is 0 Å². The van der Waals surface area contributed by atoms with E-state index >= 15 is 0 Å². The van der Waals surface area contributed by atoms with Gasteiger partial charge in [0.1, 0.15) is 12.2 Å². The van der Waals surface area contributed by atoms with E-state index in [4.69, 9.17) is 16.3 Å². The molecule has 2 rings (SSSR count). The number of methoxy groups -OCH3 is 1. The molecule has 0 unspecified atom stereocenters. The number of rotatable bonds is 5. The van der Waals surface area contributed by atoms with Crippen molar-refractivity contribution in [1.29, 1.82) is 0 Å². The summed E-state index contributed by atoms with van der Waals surface area (Å²) < 4.78 is 5.18. The lowest BCUT2D eigenvalue weighted by atomic mass is 10.2.